The molecule has 2 aromatic rings. The van der Waals surface area contributed by atoms with Crippen LogP contribution in [0.5, 0.6) is 0 Å². The number of nitrogens with one attached hydrogen (secondary N) is 1. The molecule has 2 aromatic carbocycles. The topological polar surface area (TPSA) is 52.7 Å². The average molecular weight is 400 g/mol. The summed E-state index contributed by atoms with van der Waals surface area (Å²) in [5, 5.41) is 3.50. The van der Waals surface area contributed by atoms with Gasteiger partial charge in [-0.3, -0.25) is 4.79 Å². The highest BCUT2D eigenvalue weighted by Crippen LogP contribution is 2.27. The van der Waals surface area contributed by atoms with Crippen molar-refractivity contribution in [3.05, 3.63) is 65.2 Å². The van der Waals surface area contributed by atoms with Crippen LogP contribution in [0.2, 0.25) is 5.02 Å². The number of carbonyl (C=O) groups is 2. The summed E-state index contributed by atoms with van der Waals surface area (Å²) >= 11 is 5.87. The molecule has 5 nitrogen and oxygen atoms in total. The zero-order chi connectivity index (χ0) is 20.1. The van der Waals surface area contributed by atoms with Gasteiger partial charge in [-0.1, -0.05) is 55.8 Å². The maximum Gasteiger partial charge on any atom is 0.321 e. The van der Waals surface area contributed by atoms with Crippen molar-refractivity contribution in [2.75, 3.05) is 31.5 Å². The number of benzene rings is 2. The minimum Gasteiger partial charge on any atom is -0.339 e. The highest BCUT2D eigenvalue weighted by Gasteiger charge is 2.29. The molecule has 1 aliphatic heterocycles. The quantitative estimate of drug-likeness (QED) is 0.829. The zero-order valence-corrected chi connectivity index (χ0v) is 17.1. The lowest BCUT2D eigenvalue weighted by atomic mass is 9.81. The molecule has 148 valence electrons. The van der Waals surface area contributed by atoms with Gasteiger partial charge in [0.15, 0.2) is 0 Å². The van der Waals surface area contributed by atoms with Crippen molar-refractivity contribution in [2.45, 2.75) is 25.7 Å². The van der Waals surface area contributed by atoms with Crippen LogP contribution >= 0.6 is 11.6 Å². The number of amides is 3. The van der Waals surface area contributed by atoms with Gasteiger partial charge in [-0.2, -0.15) is 0 Å². The molecule has 1 N–H and O–H groups in total. The highest BCUT2D eigenvalue weighted by atomic mass is 35.5. The molecule has 0 aliphatic carbocycles. The lowest BCUT2D eigenvalue weighted by Crippen LogP contribution is -2.52. The van der Waals surface area contributed by atoms with Crippen LogP contribution in [0, 0.1) is 0 Å². The summed E-state index contributed by atoms with van der Waals surface area (Å²) in [6, 6.07) is 17.0. The van der Waals surface area contributed by atoms with E-state index in [4.69, 9.17) is 11.6 Å². The average Bonchev–Trinajstić information content (AvgIpc) is 2.70. The Kier molecular flexibility index (Phi) is 6.25. The van der Waals surface area contributed by atoms with Crippen LogP contribution in [-0.4, -0.2) is 47.9 Å². The van der Waals surface area contributed by atoms with Crippen molar-refractivity contribution in [2.24, 2.45) is 0 Å². The van der Waals surface area contributed by atoms with E-state index in [-0.39, 0.29) is 17.4 Å². The van der Waals surface area contributed by atoms with Gasteiger partial charge in [0.1, 0.15) is 0 Å². The molecule has 3 amide bonds. The first-order chi connectivity index (χ1) is 13.3. The van der Waals surface area contributed by atoms with Crippen LogP contribution in [0.4, 0.5) is 10.5 Å². The van der Waals surface area contributed by atoms with Crippen molar-refractivity contribution in [3.63, 3.8) is 0 Å². The van der Waals surface area contributed by atoms with Gasteiger partial charge in [-0.05, 0) is 35.2 Å². The monoisotopic (exact) mass is 399 g/mol. The van der Waals surface area contributed by atoms with Crippen molar-refractivity contribution in [1.82, 2.24) is 9.80 Å². The van der Waals surface area contributed by atoms with Crippen LogP contribution in [0.25, 0.3) is 0 Å². The minimum absolute atomic E-state index is 0.131. The summed E-state index contributed by atoms with van der Waals surface area (Å²) in [5.74, 6) is 0.131. The zero-order valence-electron chi connectivity index (χ0n) is 16.3. The third-order valence-electron chi connectivity index (χ3n) is 5.16. The number of halogens is 1. The Labute approximate surface area is 171 Å². The van der Waals surface area contributed by atoms with Crippen molar-refractivity contribution in [3.8, 4) is 0 Å². The Morgan fingerprint density at radius 2 is 1.50 bits per heavy atom. The molecule has 3 rings (SSSR count). The Bertz CT molecular complexity index is 813. The molecule has 28 heavy (non-hydrogen) atoms. The van der Waals surface area contributed by atoms with Gasteiger partial charge in [0.25, 0.3) is 0 Å². The fourth-order valence-electron chi connectivity index (χ4n) is 3.38. The van der Waals surface area contributed by atoms with Gasteiger partial charge in [-0.25, -0.2) is 4.79 Å². The molecule has 0 saturated carbocycles. The second kappa shape index (κ2) is 8.65. The SMILES string of the molecule is CC(C)(CC(=O)N1CCN(C(=O)Nc2ccc(Cl)cc2)CC1)c1ccccc1. The van der Waals surface area contributed by atoms with E-state index in [0.29, 0.717) is 43.3 Å². The fraction of sp³-hybridized carbons (Fsp3) is 0.364. The standard InChI is InChI=1S/C22H26ClN3O2/c1-22(2,17-6-4-3-5-7-17)16-20(27)25-12-14-26(15-13-25)21(28)24-19-10-8-18(23)9-11-19/h3-11H,12-16H2,1-2H3,(H,24,28). The molecule has 1 aliphatic rings. The first kappa shape index (κ1) is 20.2. The number of urea groups is 1. The number of piperazine rings is 1. The first-order valence-corrected chi connectivity index (χ1v) is 9.88. The molecule has 6 heteroatoms. The predicted molar refractivity (Wildman–Crippen MR) is 113 cm³/mol. The van der Waals surface area contributed by atoms with Crippen LogP contribution in [0.15, 0.2) is 54.6 Å². The number of hydrogen-bond acceptors (Lipinski definition) is 2. The third kappa shape index (κ3) is 5.04. The summed E-state index contributed by atoms with van der Waals surface area (Å²) in [7, 11) is 0. The molecule has 1 saturated heterocycles. The summed E-state index contributed by atoms with van der Waals surface area (Å²) in [4.78, 5) is 28.8. The molecule has 1 fully saturated rings. The van der Waals surface area contributed by atoms with E-state index in [9.17, 15) is 9.59 Å². The van der Waals surface area contributed by atoms with Crippen LogP contribution in [0.1, 0.15) is 25.8 Å². The summed E-state index contributed by atoms with van der Waals surface area (Å²) in [6.07, 6.45) is 0.452. The van der Waals surface area contributed by atoms with E-state index in [1.165, 1.54) is 0 Å². The summed E-state index contributed by atoms with van der Waals surface area (Å²) in [6.45, 7) is 6.34. The van der Waals surface area contributed by atoms with Crippen molar-refractivity contribution >= 4 is 29.2 Å². The van der Waals surface area contributed by atoms with Gasteiger partial charge in [0, 0.05) is 43.3 Å². The number of hydrogen-bond donors (Lipinski definition) is 1. The van der Waals surface area contributed by atoms with E-state index in [1.807, 2.05) is 23.1 Å². The van der Waals surface area contributed by atoms with Crippen molar-refractivity contribution < 1.29 is 9.59 Å². The first-order valence-electron chi connectivity index (χ1n) is 9.50. The van der Waals surface area contributed by atoms with Crippen LogP contribution in [-0.2, 0) is 10.2 Å². The number of rotatable bonds is 4. The second-order valence-electron chi connectivity index (χ2n) is 7.73. The maximum atomic E-state index is 12.8. The Morgan fingerprint density at radius 1 is 0.929 bits per heavy atom. The van der Waals surface area contributed by atoms with Gasteiger partial charge >= 0.3 is 6.03 Å². The van der Waals surface area contributed by atoms with E-state index in [1.54, 1.807) is 29.2 Å². The molecule has 0 bridgehead atoms. The van der Waals surface area contributed by atoms with Gasteiger partial charge in [-0.15, -0.1) is 0 Å². The summed E-state index contributed by atoms with van der Waals surface area (Å²) in [5.41, 5.74) is 1.64. The molecule has 0 aromatic heterocycles. The Balaban J connectivity index is 1.51. The smallest absolute Gasteiger partial charge is 0.321 e. The number of nitrogens with zero attached hydrogens (tertiary/aromatic N) is 2. The second-order valence-corrected chi connectivity index (χ2v) is 8.17. The molecular formula is C22H26ClN3O2. The minimum atomic E-state index is -0.221. The van der Waals surface area contributed by atoms with Crippen LogP contribution in [0.3, 0.4) is 0 Å². The van der Waals surface area contributed by atoms with Crippen molar-refractivity contribution in [1.29, 1.82) is 0 Å². The lowest BCUT2D eigenvalue weighted by Gasteiger charge is -2.36. The normalized spacial score (nSPS) is 14.7. The van der Waals surface area contributed by atoms with E-state index in [0.717, 1.165) is 5.56 Å². The van der Waals surface area contributed by atoms with Gasteiger partial charge < -0.3 is 15.1 Å². The number of carbonyl (C=O) groups excluding carboxylic acids is 2. The lowest BCUT2D eigenvalue weighted by molar-refractivity contribution is -0.133. The summed E-state index contributed by atoms with van der Waals surface area (Å²) < 4.78 is 0. The molecule has 0 unspecified atom stereocenters. The van der Waals surface area contributed by atoms with Gasteiger partial charge in [0.2, 0.25) is 5.91 Å². The van der Waals surface area contributed by atoms with Crippen LogP contribution < -0.4 is 5.32 Å². The van der Waals surface area contributed by atoms with E-state index < -0.39 is 0 Å². The largest absolute Gasteiger partial charge is 0.339 e. The Morgan fingerprint density at radius 3 is 2.11 bits per heavy atom. The molecule has 0 radical (unpaired) electrons. The Hall–Kier alpha value is -2.53. The van der Waals surface area contributed by atoms with Gasteiger partial charge in [0.05, 0.1) is 0 Å². The maximum absolute atomic E-state index is 12.8. The van der Waals surface area contributed by atoms with E-state index in [2.05, 4.69) is 31.3 Å². The third-order valence-corrected chi connectivity index (χ3v) is 5.42. The number of anilines is 1. The fourth-order valence-corrected chi connectivity index (χ4v) is 3.50. The predicted octanol–water partition coefficient (Wildman–Crippen LogP) is 4.38. The molecule has 0 spiro atoms. The highest BCUT2D eigenvalue weighted by molar-refractivity contribution is 6.30. The molecular weight excluding hydrogens is 374 g/mol. The molecule has 0 atom stereocenters. The molecule has 1 heterocycles. The van der Waals surface area contributed by atoms with E-state index >= 15 is 0 Å².